The molecule has 2 saturated heterocycles. The van der Waals surface area contributed by atoms with Crippen LogP contribution in [0, 0.1) is 0 Å². The molecule has 6 heteroatoms. The van der Waals surface area contributed by atoms with Crippen molar-refractivity contribution in [2.45, 2.75) is 83.1 Å². The third-order valence-corrected chi connectivity index (χ3v) is 5.42. The summed E-state index contributed by atoms with van der Waals surface area (Å²) in [4.78, 5) is 0. The third kappa shape index (κ3) is 4.43. The second-order valence-electron chi connectivity index (χ2n) is 7.15. The number of halogens is 1. The van der Waals surface area contributed by atoms with Crippen molar-refractivity contribution in [2.24, 2.45) is 0 Å². The minimum absolute atomic E-state index is 0.334. The summed E-state index contributed by atoms with van der Waals surface area (Å²) >= 11 is 3.54. The van der Waals surface area contributed by atoms with E-state index in [0.717, 1.165) is 22.9 Å². The summed E-state index contributed by atoms with van der Waals surface area (Å²) in [6, 6.07) is 7.94. The zero-order valence-electron chi connectivity index (χ0n) is 15.0. The Morgan fingerprint density at radius 1 is 1.28 bits per heavy atom. The Morgan fingerprint density at radius 2 is 2.04 bits per heavy atom. The zero-order chi connectivity index (χ0) is 18.0. The van der Waals surface area contributed by atoms with Gasteiger partial charge in [-0.05, 0) is 31.9 Å². The average molecular weight is 415 g/mol. The molecule has 0 amide bonds. The average Bonchev–Trinajstić information content (AvgIpc) is 3.04. The van der Waals surface area contributed by atoms with E-state index < -0.39 is 24.3 Å². The topological polar surface area (TPSA) is 57.2 Å². The molecule has 0 saturated carbocycles. The molecule has 0 spiro atoms. The fourth-order valence-corrected chi connectivity index (χ4v) is 3.78. The van der Waals surface area contributed by atoms with Crippen LogP contribution in [0.5, 0.6) is 0 Å². The van der Waals surface area contributed by atoms with Crippen molar-refractivity contribution >= 4 is 15.9 Å². The molecule has 0 radical (unpaired) electrons. The van der Waals surface area contributed by atoms with Gasteiger partial charge in [-0.3, -0.25) is 0 Å². The molecular formula is C19H27BrO5. The summed E-state index contributed by atoms with van der Waals surface area (Å²) in [5.74, 6) is -0.705. The molecule has 25 heavy (non-hydrogen) atoms. The van der Waals surface area contributed by atoms with Gasteiger partial charge in [0.1, 0.15) is 18.3 Å². The van der Waals surface area contributed by atoms with E-state index in [1.807, 2.05) is 38.1 Å². The van der Waals surface area contributed by atoms with Crippen molar-refractivity contribution in [3.8, 4) is 0 Å². The van der Waals surface area contributed by atoms with Gasteiger partial charge >= 0.3 is 0 Å². The minimum atomic E-state index is -0.705. The second-order valence-corrected chi connectivity index (χ2v) is 8.00. The van der Waals surface area contributed by atoms with Crippen LogP contribution in [0.4, 0.5) is 0 Å². The second kappa shape index (κ2) is 8.03. The number of hydrogen-bond acceptors (Lipinski definition) is 5. The van der Waals surface area contributed by atoms with Crippen molar-refractivity contribution in [2.75, 3.05) is 0 Å². The molecule has 0 aliphatic carbocycles. The highest BCUT2D eigenvalue weighted by atomic mass is 79.9. The van der Waals surface area contributed by atoms with Gasteiger partial charge in [-0.1, -0.05) is 53.9 Å². The first-order chi connectivity index (χ1) is 11.9. The molecule has 0 bridgehead atoms. The van der Waals surface area contributed by atoms with Gasteiger partial charge in [0.15, 0.2) is 12.1 Å². The van der Waals surface area contributed by atoms with Crippen molar-refractivity contribution in [3.63, 3.8) is 0 Å². The fraction of sp³-hybridized carbons (Fsp3) is 0.684. The smallest absolute Gasteiger partial charge is 0.190 e. The highest BCUT2D eigenvalue weighted by Crippen LogP contribution is 2.40. The molecule has 0 aromatic heterocycles. The zero-order valence-corrected chi connectivity index (χ0v) is 16.6. The van der Waals surface area contributed by atoms with Crippen LogP contribution in [0.2, 0.25) is 0 Å². The lowest BCUT2D eigenvalue weighted by Gasteiger charge is -2.28. The van der Waals surface area contributed by atoms with Crippen LogP contribution in [0.3, 0.4) is 0 Å². The van der Waals surface area contributed by atoms with Crippen LogP contribution in [0.1, 0.15) is 45.6 Å². The molecule has 2 fully saturated rings. The molecule has 1 aromatic rings. The number of aliphatic hydroxyl groups excluding tert-OH is 1. The normalized spacial score (nSPS) is 31.9. The van der Waals surface area contributed by atoms with Gasteiger partial charge in [0.05, 0.1) is 12.7 Å². The first-order valence-corrected chi connectivity index (χ1v) is 9.75. The van der Waals surface area contributed by atoms with Crippen LogP contribution in [0.25, 0.3) is 0 Å². The molecule has 1 aromatic carbocycles. The molecule has 3 rings (SSSR count). The van der Waals surface area contributed by atoms with Gasteiger partial charge < -0.3 is 24.1 Å². The van der Waals surface area contributed by atoms with Crippen molar-refractivity contribution < 1.29 is 24.1 Å². The highest BCUT2D eigenvalue weighted by molar-refractivity contribution is 9.10. The Balaban J connectivity index is 1.71. The van der Waals surface area contributed by atoms with Gasteiger partial charge in [0.25, 0.3) is 0 Å². The van der Waals surface area contributed by atoms with E-state index in [1.165, 1.54) is 0 Å². The summed E-state index contributed by atoms with van der Waals surface area (Å²) in [6.07, 6.45) is 0.411. The maximum Gasteiger partial charge on any atom is 0.190 e. The maximum absolute atomic E-state index is 10.6. The SMILES string of the molecule is CCCC[C@H](O)[C@H]1O[C@@H]2OC(C)(C)O[C@@H]2[C@H]1OCc1ccccc1Br. The Hall–Kier alpha value is -0.500. The Kier molecular flexibility index (Phi) is 6.19. The number of unbranched alkanes of at least 4 members (excludes halogenated alkanes) is 1. The molecule has 0 unspecified atom stereocenters. The Labute approximate surface area is 157 Å². The molecule has 2 aliphatic rings. The number of ether oxygens (including phenoxy) is 4. The molecule has 1 N–H and O–H groups in total. The summed E-state index contributed by atoms with van der Waals surface area (Å²) in [6.45, 7) is 6.25. The van der Waals surface area contributed by atoms with Crippen molar-refractivity contribution in [1.82, 2.24) is 0 Å². The number of benzene rings is 1. The van der Waals surface area contributed by atoms with Gasteiger partial charge in [-0.25, -0.2) is 0 Å². The molecule has 2 aliphatic heterocycles. The molecule has 2 heterocycles. The van der Waals surface area contributed by atoms with Gasteiger partial charge in [-0.15, -0.1) is 0 Å². The van der Waals surface area contributed by atoms with E-state index in [2.05, 4.69) is 22.9 Å². The summed E-state index contributed by atoms with van der Waals surface area (Å²) < 4.78 is 25.0. The maximum atomic E-state index is 10.6. The van der Waals surface area contributed by atoms with Crippen LogP contribution in [-0.2, 0) is 25.6 Å². The van der Waals surface area contributed by atoms with Crippen molar-refractivity contribution in [1.29, 1.82) is 0 Å². The van der Waals surface area contributed by atoms with E-state index in [1.54, 1.807) is 0 Å². The van der Waals surface area contributed by atoms with E-state index in [9.17, 15) is 5.11 Å². The fourth-order valence-electron chi connectivity index (χ4n) is 3.38. The predicted molar refractivity (Wildman–Crippen MR) is 96.9 cm³/mol. The molecule has 5 atom stereocenters. The lowest BCUT2D eigenvalue weighted by molar-refractivity contribution is -0.230. The van der Waals surface area contributed by atoms with E-state index in [-0.39, 0.29) is 12.2 Å². The lowest BCUT2D eigenvalue weighted by Crippen LogP contribution is -2.42. The third-order valence-electron chi connectivity index (χ3n) is 4.65. The Bertz CT molecular complexity index is 579. The largest absolute Gasteiger partial charge is 0.390 e. The van der Waals surface area contributed by atoms with E-state index >= 15 is 0 Å². The number of rotatable bonds is 7. The minimum Gasteiger partial charge on any atom is -0.390 e. The highest BCUT2D eigenvalue weighted by Gasteiger charge is 2.56. The monoisotopic (exact) mass is 414 g/mol. The van der Waals surface area contributed by atoms with Crippen LogP contribution in [-0.4, -0.2) is 41.6 Å². The van der Waals surface area contributed by atoms with E-state index in [0.29, 0.717) is 13.0 Å². The lowest BCUT2D eigenvalue weighted by atomic mass is 10.0. The summed E-state index contributed by atoms with van der Waals surface area (Å²) in [5.41, 5.74) is 1.05. The first kappa shape index (κ1) is 19.3. The standard InChI is InChI=1S/C19H27BrO5/c1-4-5-10-14(21)15-16(17-18(23-15)25-19(2,3)24-17)22-11-12-8-6-7-9-13(12)20/h6-9,14-18,21H,4-5,10-11H2,1-3H3/t14-,15+,16-,17+,18+/m0/s1. The summed E-state index contributed by atoms with van der Waals surface area (Å²) in [7, 11) is 0. The van der Waals surface area contributed by atoms with Gasteiger partial charge in [-0.2, -0.15) is 0 Å². The number of aliphatic hydroxyl groups is 1. The van der Waals surface area contributed by atoms with E-state index in [4.69, 9.17) is 18.9 Å². The van der Waals surface area contributed by atoms with Crippen LogP contribution in [0.15, 0.2) is 28.7 Å². The molecule has 140 valence electrons. The predicted octanol–water partition coefficient (Wildman–Crippen LogP) is 3.76. The van der Waals surface area contributed by atoms with Crippen LogP contribution >= 0.6 is 15.9 Å². The molecular weight excluding hydrogens is 388 g/mol. The quantitative estimate of drug-likeness (QED) is 0.735. The molecule has 5 nitrogen and oxygen atoms in total. The van der Waals surface area contributed by atoms with Crippen LogP contribution < -0.4 is 0 Å². The van der Waals surface area contributed by atoms with Gasteiger partial charge in [0.2, 0.25) is 0 Å². The Morgan fingerprint density at radius 3 is 2.76 bits per heavy atom. The van der Waals surface area contributed by atoms with Crippen molar-refractivity contribution in [3.05, 3.63) is 34.3 Å². The number of hydrogen-bond donors (Lipinski definition) is 1. The summed E-state index contributed by atoms with van der Waals surface area (Å²) in [5, 5.41) is 10.6. The number of fused-ring (bicyclic) bond motifs is 1. The first-order valence-electron chi connectivity index (χ1n) is 8.95. The van der Waals surface area contributed by atoms with Gasteiger partial charge in [0, 0.05) is 4.47 Å².